The van der Waals surface area contributed by atoms with Crippen LogP contribution in [-0.4, -0.2) is 35.3 Å². The number of hydrogen-bond donors (Lipinski definition) is 2. The summed E-state index contributed by atoms with van der Waals surface area (Å²) in [5, 5.41) is 13.8. The highest BCUT2D eigenvalue weighted by Crippen LogP contribution is 2.27. The molecule has 0 amide bonds. The van der Waals surface area contributed by atoms with Gasteiger partial charge in [0.25, 0.3) is 0 Å². The van der Waals surface area contributed by atoms with Gasteiger partial charge in [0.15, 0.2) is 0 Å². The molecule has 0 atom stereocenters. The van der Waals surface area contributed by atoms with Gasteiger partial charge in [-0.1, -0.05) is 25.7 Å². The molecule has 1 aliphatic carbocycles. The summed E-state index contributed by atoms with van der Waals surface area (Å²) >= 11 is 0. The third-order valence-corrected chi connectivity index (χ3v) is 4.12. The van der Waals surface area contributed by atoms with E-state index in [2.05, 4.69) is 10.3 Å². The molecular formula is C16H24N2O3. The number of hydrogen-bond acceptors (Lipinski definition) is 5. The lowest BCUT2D eigenvalue weighted by Crippen LogP contribution is -2.36. The smallest absolute Gasteiger partial charge is 0.339 e. The summed E-state index contributed by atoms with van der Waals surface area (Å²) in [6.07, 6.45) is 6.22. The average Bonchev–Trinajstić information content (AvgIpc) is 2.70. The highest BCUT2D eigenvalue weighted by atomic mass is 16.5. The number of carbonyl (C=O) groups is 1. The van der Waals surface area contributed by atoms with Gasteiger partial charge in [0.05, 0.1) is 24.0 Å². The minimum absolute atomic E-state index is 0.381. The minimum atomic E-state index is -0.646. The highest BCUT2D eigenvalue weighted by molar-refractivity contribution is 5.90. The first kappa shape index (κ1) is 15.8. The summed E-state index contributed by atoms with van der Waals surface area (Å²) in [7, 11) is 1.36. The van der Waals surface area contributed by atoms with Crippen LogP contribution in [-0.2, 0) is 4.74 Å². The maximum absolute atomic E-state index is 11.5. The second kappa shape index (κ2) is 6.89. The summed E-state index contributed by atoms with van der Waals surface area (Å²) in [5.41, 5.74) is 0.448. The maximum atomic E-state index is 11.5. The van der Waals surface area contributed by atoms with E-state index in [9.17, 15) is 9.90 Å². The van der Waals surface area contributed by atoms with Gasteiger partial charge >= 0.3 is 5.97 Å². The normalized spacial score (nSPS) is 17.9. The van der Waals surface area contributed by atoms with Crippen LogP contribution < -0.4 is 5.32 Å². The molecule has 5 heteroatoms. The van der Waals surface area contributed by atoms with Crippen molar-refractivity contribution in [2.75, 3.05) is 19.0 Å². The van der Waals surface area contributed by atoms with E-state index in [-0.39, 0.29) is 5.97 Å². The molecule has 0 spiro atoms. The Bertz CT molecular complexity index is 494. The van der Waals surface area contributed by atoms with Gasteiger partial charge in [-0.2, -0.15) is 0 Å². The summed E-state index contributed by atoms with van der Waals surface area (Å²) in [5.74, 6) is 0.298. The third kappa shape index (κ3) is 4.17. The summed E-state index contributed by atoms with van der Waals surface area (Å²) in [4.78, 5) is 15.9. The molecule has 1 aliphatic rings. The van der Waals surface area contributed by atoms with Crippen LogP contribution >= 0.6 is 0 Å². The maximum Gasteiger partial charge on any atom is 0.339 e. The topological polar surface area (TPSA) is 71.5 Å². The van der Waals surface area contributed by atoms with Crippen molar-refractivity contribution in [2.24, 2.45) is 0 Å². The molecule has 0 unspecified atom stereocenters. The van der Waals surface area contributed by atoms with Crippen molar-refractivity contribution in [3.8, 4) is 0 Å². The number of anilines is 1. The van der Waals surface area contributed by atoms with E-state index < -0.39 is 5.60 Å². The van der Waals surface area contributed by atoms with Gasteiger partial charge in [0.1, 0.15) is 5.82 Å². The quantitative estimate of drug-likeness (QED) is 0.659. The number of pyridine rings is 1. The van der Waals surface area contributed by atoms with Crippen LogP contribution in [0.3, 0.4) is 0 Å². The number of rotatable bonds is 4. The lowest BCUT2D eigenvalue weighted by Gasteiger charge is -2.27. The van der Waals surface area contributed by atoms with Gasteiger partial charge in [0.2, 0.25) is 0 Å². The first-order valence-electron chi connectivity index (χ1n) is 7.56. The van der Waals surface area contributed by atoms with E-state index in [4.69, 9.17) is 4.74 Å². The number of nitrogens with one attached hydrogen (secondary N) is 1. The van der Waals surface area contributed by atoms with Crippen LogP contribution in [0, 0.1) is 6.92 Å². The zero-order valence-corrected chi connectivity index (χ0v) is 12.8. The van der Waals surface area contributed by atoms with E-state index >= 15 is 0 Å². The Balaban J connectivity index is 2.00. The van der Waals surface area contributed by atoms with Crippen LogP contribution in [0.1, 0.15) is 54.6 Å². The molecule has 1 heterocycles. The SMILES string of the molecule is COC(=O)c1ccc(NCC2(O)CCCCCC2)nc1C. The van der Waals surface area contributed by atoms with Gasteiger partial charge < -0.3 is 15.2 Å². The first-order chi connectivity index (χ1) is 10.0. The van der Waals surface area contributed by atoms with Crippen LogP contribution in [0.15, 0.2) is 12.1 Å². The van der Waals surface area contributed by atoms with Gasteiger partial charge in [-0.05, 0) is 31.9 Å². The monoisotopic (exact) mass is 292 g/mol. The predicted molar refractivity (Wildman–Crippen MR) is 81.5 cm³/mol. The molecule has 2 N–H and O–H groups in total. The van der Waals surface area contributed by atoms with Gasteiger partial charge in [-0.15, -0.1) is 0 Å². The molecule has 1 fully saturated rings. The van der Waals surface area contributed by atoms with Crippen LogP contribution in [0.4, 0.5) is 5.82 Å². The van der Waals surface area contributed by atoms with E-state index in [1.807, 2.05) is 0 Å². The molecule has 116 valence electrons. The Hall–Kier alpha value is -1.62. The molecule has 1 saturated carbocycles. The third-order valence-electron chi connectivity index (χ3n) is 4.12. The Morgan fingerprint density at radius 1 is 1.33 bits per heavy atom. The molecule has 0 saturated heterocycles. The number of nitrogens with zero attached hydrogens (tertiary/aromatic N) is 1. The Kier molecular flexibility index (Phi) is 5.17. The second-order valence-electron chi connectivity index (χ2n) is 5.81. The second-order valence-corrected chi connectivity index (χ2v) is 5.81. The Labute approximate surface area is 125 Å². The Morgan fingerprint density at radius 2 is 2.00 bits per heavy atom. The number of methoxy groups -OCH3 is 1. The molecular weight excluding hydrogens is 268 g/mol. The lowest BCUT2D eigenvalue weighted by atomic mass is 9.94. The average molecular weight is 292 g/mol. The fraction of sp³-hybridized carbons (Fsp3) is 0.625. The van der Waals surface area contributed by atoms with Crippen LogP contribution in [0.2, 0.25) is 0 Å². The largest absolute Gasteiger partial charge is 0.465 e. The number of aryl methyl sites for hydroxylation is 1. The van der Waals surface area contributed by atoms with Crippen LogP contribution in [0.25, 0.3) is 0 Å². The molecule has 1 aromatic heterocycles. The molecule has 0 aromatic carbocycles. The fourth-order valence-corrected chi connectivity index (χ4v) is 2.80. The van der Waals surface area contributed by atoms with E-state index in [1.165, 1.54) is 20.0 Å². The number of carbonyl (C=O) groups excluding carboxylic acids is 1. The molecule has 21 heavy (non-hydrogen) atoms. The first-order valence-corrected chi connectivity index (χ1v) is 7.56. The van der Waals surface area contributed by atoms with Crippen molar-refractivity contribution in [3.63, 3.8) is 0 Å². The van der Waals surface area contributed by atoms with Crippen molar-refractivity contribution in [2.45, 2.75) is 51.0 Å². The van der Waals surface area contributed by atoms with E-state index in [1.54, 1.807) is 19.1 Å². The zero-order chi connectivity index (χ0) is 15.3. The summed E-state index contributed by atoms with van der Waals surface area (Å²) in [6.45, 7) is 2.27. The number of esters is 1. The van der Waals surface area contributed by atoms with Gasteiger partial charge in [0, 0.05) is 6.54 Å². The molecule has 0 aliphatic heterocycles. The molecule has 0 radical (unpaired) electrons. The standard InChI is InChI=1S/C16H24N2O3/c1-12-13(15(19)21-2)7-8-14(18-12)17-11-16(20)9-5-3-4-6-10-16/h7-8,20H,3-6,9-11H2,1-2H3,(H,17,18). The van der Waals surface area contributed by atoms with Crippen molar-refractivity contribution in [1.82, 2.24) is 4.98 Å². The van der Waals surface area contributed by atoms with Gasteiger partial charge in [-0.25, -0.2) is 9.78 Å². The van der Waals surface area contributed by atoms with Crippen molar-refractivity contribution in [3.05, 3.63) is 23.4 Å². The number of ether oxygens (including phenoxy) is 1. The van der Waals surface area contributed by atoms with Crippen molar-refractivity contribution >= 4 is 11.8 Å². The molecule has 5 nitrogen and oxygen atoms in total. The van der Waals surface area contributed by atoms with Crippen molar-refractivity contribution in [1.29, 1.82) is 0 Å². The highest BCUT2D eigenvalue weighted by Gasteiger charge is 2.27. The molecule has 0 bridgehead atoms. The number of aromatic nitrogens is 1. The fourth-order valence-electron chi connectivity index (χ4n) is 2.80. The molecule has 2 rings (SSSR count). The van der Waals surface area contributed by atoms with E-state index in [0.29, 0.717) is 23.6 Å². The Morgan fingerprint density at radius 3 is 2.57 bits per heavy atom. The predicted octanol–water partition coefficient (Wildman–Crippen LogP) is 2.67. The molecule has 1 aromatic rings. The minimum Gasteiger partial charge on any atom is -0.465 e. The lowest BCUT2D eigenvalue weighted by molar-refractivity contribution is 0.0380. The summed E-state index contributed by atoms with van der Waals surface area (Å²) < 4.78 is 4.70. The van der Waals surface area contributed by atoms with Crippen LogP contribution in [0.5, 0.6) is 0 Å². The van der Waals surface area contributed by atoms with E-state index in [0.717, 1.165) is 25.7 Å². The summed E-state index contributed by atoms with van der Waals surface area (Å²) in [6, 6.07) is 3.45. The van der Waals surface area contributed by atoms with Crippen molar-refractivity contribution < 1.29 is 14.6 Å². The number of aliphatic hydroxyl groups is 1. The zero-order valence-electron chi connectivity index (χ0n) is 12.8. The van der Waals surface area contributed by atoms with Gasteiger partial charge in [-0.3, -0.25) is 0 Å².